The second-order valence-electron chi connectivity index (χ2n) is 4.70. The van der Waals surface area contributed by atoms with E-state index < -0.39 is 0 Å². The molecule has 0 spiro atoms. The third-order valence-corrected chi connectivity index (χ3v) is 2.88. The quantitative estimate of drug-likeness (QED) is 0.540. The molecule has 4 nitrogen and oxygen atoms in total. The molecule has 16 heavy (non-hydrogen) atoms. The van der Waals surface area contributed by atoms with Crippen molar-refractivity contribution in [3.63, 3.8) is 0 Å². The fourth-order valence-electron chi connectivity index (χ4n) is 1.39. The highest BCUT2D eigenvalue weighted by Crippen LogP contribution is 2.43. The molecule has 0 atom stereocenters. The largest absolute Gasteiger partial charge is 0.382 e. The van der Waals surface area contributed by atoms with Gasteiger partial charge in [0.1, 0.15) is 0 Å². The molecule has 1 N–H and O–H groups in total. The summed E-state index contributed by atoms with van der Waals surface area (Å²) in [6.45, 7) is 7.78. The molecule has 1 aliphatic rings. The molecule has 0 unspecified atom stereocenters. The highest BCUT2D eigenvalue weighted by Gasteiger charge is 2.36. The van der Waals surface area contributed by atoms with E-state index in [1.807, 2.05) is 0 Å². The van der Waals surface area contributed by atoms with Crippen molar-refractivity contribution < 1.29 is 14.2 Å². The summed E-state index contributed by atoms with van der Waals surface area (Å²) in [7, 11) is 1.67. The lowest BCUT2D eigenvalue weighted by atomic mass is 10.1. The van der Waals surface area contributed by atoms with Gasteiger partial charge < -0.3 is 19.5 Å². The minimum Gasteiger partial charge on any atom is -0.382 e. The molecule has 1 saturated carbocycles. The summed E-state index contributed by atoms with van der Waals surface area (Å²) in [4.78, 5) is 0. The maximum absolute atomic E-state index is 5.42. The molecule has 1 aliphatic carbocycles. The van der Waals surface area contributed by atoms with E-state index in [-0.39, 0.29) is 0 Å². The van der Waals surface area contributed by atoms with E-state index in [1.165, 1.54) is 12.8 Å². The molecule has 1 fully saturated rings. The van der Waals surface area contributed by atoms with E-state index >= 15 is 0 Å². The molecular weight excluding hydrogens is 206 g/mol. The lowest BCUT2D eigenvalue weighted by molar-refractivity contribution is 0.0254. The van der Waals surface area contributed by atoms with Crippen LogP contribution < -0.4 is 5.32 Å². The van der Waals surface area contributed by atoms with Crippen LogP contribution in [-0.2, 0) is 14.2 Å². The number of methoxy groups -OCH3 is 1. The highest BCUT2D eigenvalue weighted by atomic mass is 16.5. The van der Waals surface area contributed by atoms with Crippen molar-refractivity contribution in [3.8, 4) is 0 Å². The zero-order valence-corrected chi connectivity index (χ0v) is 10.6. The number of nitrogens with one attached hydrogen (secondary N) is 1. The van der Waals surface area contributed by atoms with E-state index in [1.54, 1.807) is 7.11 Å². The van der Waals surface area contributed by atoms with Gasteiger partial charge in [-0.25, -0.2) is 0 Å². The molecule has 0 aromatic carbocycles. The van der Waals surface area contributed by atoms with Crippen molar-refractivity contribution in [2.24, 2.45) is 5.41 Å². The van der Waals surface area contributed by atoms with E-state index in [4.69, 9.17) is 14.2 Å². The van der Waals surface area contributed by atoms with Crippen LogP contribution in [0, 0.1) is 5.41 Å². The van der Waals surface area contributed by atoms with Crippen molar-refractivity contribution in [1.82, 2.24) is 5.32 Å². The zero-order valence-electron chi connectivity index (χ0n) is 10.6. The molecule has 0 radical (unpaired) electrons. The molecule has 0 aliphatic heterocycles. The van der Waals surface area contributed by atoms with Gasteiger partial charge in [0, 0.05) is 20.2 Å². The van der Waals surface area contributed by atoms with Crippen LogP contribution in [0.5, 0.6) is 0 Å². The minimum atomic E-state index is 0.587. The minimum absolute atomic E-state index is 0.587. The molecule has 0 saturated heterocycles. The van der Waals surface area contributed by atoms with Gasteiger partial charge in [0.05, 0.1) is 33.0 Å². The van der Waals surface area contributed by atoms with E-state index in [2.05, 4.69) is 12.2 Å². The van der Waals surface area contributed by atoms with Crippen LogP contribution >= 0.6 is 0 Å². The maximum Gasteiger partial charge on any atom is 0.0701 e. The van der Waals surface area contributed by atoms with Crippen molar-refractivity contribution in [1.29, 1.82) is 0 Å². The molecule has 96 valence electrons. The molecule has 4 heteroatoms. The SMILES string of the molecule is COCCOCCOCCNCC1(C)CC1. The Labute approximate surface area is 98.6 Å². The van der Waals surface area contributed by atoms with Crippen LogP contribution in [0.1, 0.15) is 19.8 Å². The summed E-state index contributed by atoms with van der Waals surface area (Å²) in [6, 6.07) is 0. The Kier molecular flexibility index (Phi) is 6.96. The topological polar surface area (TPSA) is 39.7 Å². The Morgan fingerprint density at radius 2 is 1.62 bits per heavy atom. The summed E-state index contributed by atoms with van der Waals surface area (Å²) in [6.07, 6.45) is 2.74. The summed E-state index contributed by atoms with van der Waals surface area (Å²) >= 11 is 0. The van der Waals surface area contributed by atoms with Gasteiger partial charge in [0.15, 0.2) is 0 Å². The first-order chi connectivity index (χ1) is 7.77. The molecule has 0 aromatic heterocycles. The number of hydrogen-bond acceptors (Lipinski definition) is 4. The van der Waals surface area contributed by atoms with Crippen LogP contribution in [0.4, 0.5) is 0 Å². The number of ether oxygens (including phenoxy) is 3. The highest BCUT2D eigenvalue weighted by molar-refractivity contribution is 4.90. The molecule has 1 rings (SSSR count). The van der Waals surface area contributed by atoms with E-state index in [0.717, 1.165) is 19.7 Å². The normalized spacial score (nSPS) is 17.6. The average molecular weight is 231 g/mol. The smallest absolute Gasteiger partial charge is 0.0701 e. The average Bonchev–Trinajstić information content (AvgIpc) is 3.00. The summed E-state index contributed by atoms with van der Waals surface area (Å²) < 4.78 is 15.6. The number of rotatable bonds is 11. The third kappa shape index (κ3) is 7.17. The van der Waals surface area contributed by atoms with Crippen LogP contribution in [0.15, 0.2) is 0 Å². The Hall–Kier alpha value is -0.160. The molecule has 0 heterocycles. The van der Waals surface area contributed by atoms with Crippen LogP contribution in [0.3, 0.4) is 0 Å². The van der Waals surface area contributed by atoms with E-state index in [0.29, 0.717) is 31.8 Å². The Morgan fingerprint density at radius 3 is 2.25 bits per heavy atom. The Balaban J connectivity index is 1.68. The molecule has 0 bridgehead atoms. The maximum atomic E-state index is 5.42. The van der Waals surface area contributed by atoms with Crippen molar-refractivity contribution in [2.75, 3.05) is 53.2 Å². The van der Waals surface area contributed by atoms with Gasteiger partial charge >= 0.3 is 0 Å². The van der Waals surface area contributed by atoms with Gasteiger partial charge in [-0.3, -0.25) is 0 Å². The standard InChI is InChI=1S/C12H25NO3/c1-12(3-4-12)11-13-5-6-15-9-10-16-8-7-14-2/h13H,3-11H2,1-2H3. The van der Waals surface area contributed by atoms with Gasteiger partial charge in [-0.2, -0.15) is 0 Å². The molecule has 0 aromatic rings. The second-order valence-corrected chi connectivity index (χ2v) is 4.70. The summed E-state index contributed by atoms with van der Waals surface area (Å²) in [5, 5.41) is 3.41. The number of hydrogen-bond donors (Lipinski definition) is 1. The summed E-state index contributed by atoms with van der Waals surface area (Å²) in [5.74, 6) is 0. The Bertz CT molecular complexity index is 172. The fourth-order valence-corrected chi connectivity index (χ4v) is 1.39. The third-order valence-electron chi connectivity index (χ3n) is 2.88. The first-order valence-electron chi connectivity index (χ1n) is 6.12. The fraction of sp³-hybridized carbons (Fsp3) is 1.00. The van der Waals surface area contributed by atoms with Crippen LogP contribution in [0.25, 0.3) is 0 Å². The molecular formula is C12H25NO3. The van der Waals surface area contributed by atoms with Crippen molar-refractivity contribution >= 4 is 0 Å². The van der Waals surface area contributed by atoms with Gasteiger partial charge in [-0.1, -0.05) is 6.92 Å². The monoisotopic (exact) mass is 231 g/mol. The second kappa shape index (κ2) is 8.01. The van der Waals surface area contributed by atoms with Gasteiger partial charge in [0.25, 0.3) is 0 Å². The van der Waals surface area contributed by atoms with Crippen LogP contribution in [0.2, 0.25) is 0 Å². The summed E-state index contributed by atoms with van der Waals surface area (Å²) in [5.41, 5.74) is 0.587. The molecule has 0 amide bonds. The van der Waals surface area contributed by atoms with Crippen LogP contribution in [-0.4, -0.2) is 53.2 Å². The predicted molar refractivity (Wildman–Crippen MR) is 63.7 cm³/mol. The van der Waals surface area contributed by atoms with Gasteiger partial charge in [-0.05, 0) is 18.3 Å². The predicted octanol–water partition coefficient (Wildman–Crippen LogP) is 1.06. The Morgan fingerprint density at radius 1 is 1.00 bits per heavy atom. The van der Waals surface area contributed by atoms with Gasteiger partial charge in [0.2, 0.25) is 0 Å². The van der Waals surface area contributed by atoms with Gasteiger partial charge in [-0.15, -0.1) is 0 Å². The first-order valence-corrected chi connectivity index (χ1v) is 6.12. The lowest BCUT2D eigenvalue weighted by Gasteiger charge is -2.10. The van der Waals surface area contributed by atoms with Crippen molar-refractivity contribution in [2.45, 2.75) is 19.8 Å². The van der Waals surface area contributed by atoms with E-state index in [9.17, 15) is 0 Å². The first kappa shape index (κ1) is 13.9. The van der Waals surface area contributed by atoms with Crippen molar-refractivity contribution in [3.05, 3.63) is 0 Å². The lowest BCUT2D eigenvalue weighted by Crippen LogP contribution is -2.26. The zero-order chi connectivity index (χ0) is 11.7.